The number of aromatic amines is 2. The fourth-order valence-corrected chi connectivity index (χ4v) is 4.73. The Kier molecular flexibility index (Phi) is 10.5. The predicted molar refractivity (Wildman–Crippen MR) is 160 cm³/mol. The van der Waals surface area contributed by atoms with Crippen molar-refractivity contribution in [1.82, 2.24) is 30.9 Å². The minimum absolute atomic E-state index is 0.0199. The van der Waals surface area contributed by atoms with Gasteiger partial charge in [-0.1, -0.05) is 30.3 Å². The number of phenols is 1. The van der Waals surface area contributed by atoms with Crippen molar-refractivity contribution in [3.8, 4) is 5.75 Å². The number of imidazole rings is 1. The third-order valence-corrected chi connectivity index (χ3v) is 7.07. The standard InChI is InChI=1S/C30H33N7O8/c31-21(12-26(39)40)27(41)35-24(10-17-13-33-22-4-2-1-3-20(17)22)29(43)36-23(9-16-5-7-19(38)8-6-16)28(42)37-25(30(44)45)11-18-14-32-15-34-18/h1-8,13-15,21,23-25,33,38H,9-12,31H2,(H,32,34)(H,35,41)(H,36,43)(H,37,42)(H,39,40)(H,44,45). The van der Waals surface area contributed by atoms with E-state index in [4.69, 9.17) is 10.8 Å². The Morgan fingerprint density at radius 3 is 2.09 bits per heavy atom. The molecule has 0 radical (unpaired) electrons. The van der Waals surface area contributed by atoms with Crippen LogP contribution in [-0.4, -0.2) is 84.1 Å². The monoisotopic (exact) mass is 619 g/mol. The van der Waals surface area contributed by atoms with Gasteiger partial charge in [-0.3, -0.25) is 19.2 Å². The van der Waals surface area contributed by atoms with Crippen LogP contribution < -0.4 is 21.7 Å². The van der Waals surface area contributed by atoms with Crippen molar-refractivity contribution >= 4 is 40.6 Å². The first-order valence-electron chi connectivity index (χ1n) is 13.9. The number of carboxylic acid groups (broad SMARTS) is 2. The third kappa shape index (κ3) is 8.90. The number of carbonyl (C=O) groups excluding carboxylic acids is 3. The van der Waals surface area contributed by atoms with Gasteiger partial charge in [0.2, 0.25) is 17.7 Å². The summed E-state index contributed by atoms with van der Waals surface area (Å²) in [6.45, 7) is 0. The number of nitrogens with zero attached hydrogens (tertiary/aromatic N) is 1. The zero-order chi connectivity index (χ0) is 32.5. The molecule has 0 spiro atoms. The quantitative estimate of drug-likeness (QED) is 0.0858. The Labute approximate surface area is 256 Å². The van der Waals surface area contributed by atoms with Gasteiger partial charge in [-0.2, -0.15) is 0 Å². The molecule has 10 N–H and O–H groups in total. The summed E-state index contributed by atoms with van der Waals surface area (Å²) in [6, 6.07) is 7.71. The normalized spacial score (nSPS) is 13.7. The van der Waals surface area contributed by atoms with Gasteiger partial charge in [0.1, 0.15) is 23.9 Å². The van der Waals surface area contributed by atoms with Gasteiger partial charge in [-0.05, 0) is 29.3 Å². The number of benzene rings is 2. The van der Waals surface area contributed by atoms with Gasteiger partial charge in [0, 0.05) is 48.3 Å². The second kappa shape index (κ2) is 14.7. The molecule has 2 aromatic carbocycles. The average Bonchev–Trinajstić information content (AvgIpc) is 3.66. The molecule has 4 atom stereocenters. The first-order valence-corrected chi connectivity index (χ1v) is 13.9. The number of nitrogens with two attached hydrogens (primary N) is 1. The van der Waals surface area contributed by atoms with Gasteiger partial charge < -0.3 is 47.0 Å². The van der Waals surface area contributed by atoms with Crippen LogP contribution in [0, 0.1) is 0 Å². The van der Waals surface area contributed by atoms with Gasteiger partial charge in [-0.25, -0.2) is 9.78 Å². The van der Waals surface area contributed by atoms with Crippen LogP contribution in [0.5, 0.6) is 5.75 Å². The number of para-hydroxylation sites is 1. The van der Waals surface area contributed by atoms with Crippen LogP contribution in [-0.2, 0) is 43.2 Å². The highest BCUT2D eigenvalue weighted by molar-refractivity contribution is 5.95. The number of hydrogen-bond acceptors (Lipinski definition) is 8. The Morgan fingerprint density at radius 1 is 0.800 bits per heavy atom. The second-order valence-corrected chi connectivity index (χ2v) is 10.4. The number of hydrogen-bond donors (Lipinski definition) is 9. The van der Waals surface area contributed by atoms with Crippen LogP contribution in [0.25, 0.3) is 10.9 Å². The first-order chi connectivity index (χ1) is 21.5. The van der Waals surface area contributed by atoms with Crippen molar-refractivity contribution in [3.63, 3.8) is 0 Å². The molecule has 0 fully saturated rings. The number of aromatic nitrogens is 3. The molecule has 3 amide bonds. The molecule has 236 valence electrons. The Bertz CT molecular complexity index is 1650. The fraction of sp³-hybridized carbons (Fsp3) is 0.267. The van der Waals surface area contributed by atoms with Gasteiger partial charge in [0.05, 0.1) is 18.8 Å². The topological polar surface area (TPSA) is 253 Å². The van der Waals surface area contributed by atoms with Gasteiger partial charge in [-0.15, -0.1) is 0 Å². The minimum Gasteiger partial charge on any atom is -0.508 e. The molecule has 0 aliphatic rings. The van der Waals surface area contributed by atoms with Crippen LogP contribution >= 0.6 is 0 Å². The van der Waals surface area contributed by atoms with E-state index in [1.807, 2.05) is 18.2 Å². The van der Waals surface area contributed by atoms with E-state index in [0.717, 1.165) is 10.9 Å². The molecule has 0 aliphatic heterocycles. The molecular weight excluding hydrogens is 586 g/mol. The summed E-state index contributed by atoms with van der Waals surface area (Å²) in [6.07, 6.45) is 3.53. The minimum atomic E-state index is -1.45. The molecule has 15 heteroatoms. The molecule has 0 aliphatic carbocycles. The number of amides is 3. The van der Waals surface area contributed by atoms with Crippen LogP contribution in [0.3, 0.4) is 0 Å². The summed E-state index contributed by atoms with van der Waals surface area (Å²) < 4.78 is 0. The van der Waals surface area contributed by atoms with Gasteiger partial charge >= 0.3 is 11.9 Å². The molecule has 2 heterocycles. The predicted octanol–water partition coefficient (Wildman–Crippen LogP) is -0.0345. The van der Waals surface area contributed by atoms with E-state index in [-0.39, 0.29) is 25.0 Å². The molecule has 2 aromatic heterocycles. The summed E-state index contributed by atoms with van der Waals surface area (Å²) >= 11 is 0. The van der Waals surface area contributed by atoms with Crippen molar-refractivity contribution in [1.29, 1.82) is 0 Å². The van der Waals surface area contributed by atoms with Crippen LogP contribution in [0.1, 0.15) is 23.2 Å². The van der Waals surface area contributed by atoms with E-state index in [2.05, 4.69) is 30.9 Å². The number of fused-ring (bicyclic) bond motifs is 1. The lowest BCUT2D eigenvalue weighted by Crippen LogP contribution is -2.58. The molecular formula is C30H33N7O8. The zero-order valence-corrected chi connectivity index (χ0v) is 23.9. The summed E-state index contributed by atoms with van der Waals surface area (Å²) in [5, 5.41) is 36.9. The maximum absolute atomic E-state index is 13.8. The lowest BCUT2D eigenvalue weighted by Gasteiger charge is -2.25. The summed E-state index contributed by atoms with van der Waals surface area (Å²) in [7, 11) is 0. The molecule has 0 bridgehead atoms. The first kappa shape index (κ1) is 32.2. The van der Waals surface area contributed by atoms with Crippen molar-refractivity contribution in [2.75, 3.05) is 0 Å². The van der Waals surface area contributed by atoms with E-state index in [1.165, 1.54) is 36.8 Å². The molecule has 4 aromatic rings. The molecule has 0 saturated heterocycles. The molecule has 4 unspecified atom stereocenters. The van der Waals surface area contributed by atoms with E-state index >= 15 is 0 Å². The molecule has 4 rings (SSSR count). The zero-order valence-electron chi connectivity index (χ0n) is 23.9. The van der Waals surface area contributed by atoms with E-state index in [1.54, 1.807) is 12.3 Å². The molecule has 0 saturated carbocycles. The maximum Gasteiger partial charge on any atom is 0.326 e. The summed E-state index contributed by atoms with van der Waals surface area (Å²) in [5.74, 6) is -5.14. The lowest BCUT2D eigenvalue weighted by atomic mass is 10.0. The number of aromatic hydroxyl groups is 1. The number of aliphatic carboxylic acids is 2. The van der Waals surface area contributed by atoms with Crippen molar-refractivity contribution in [3.05, 3.63) is 84.1 Å². The average molecular weight is 620 g/mol. The number of H-pyrrole nitrogens is 2. The smallest absolute Gasteiger partial charge is 0.326 e. The van der Waals surface area contributed by atoms with Crippen LogP contribution in [0.2, 0.25) is 0 Å². The fourth-order valence-electron chi connectivity index (χ4n) is 4.73. The summed E-state index contributed by atoms with van der Waals surface area (Å²) in [5.41, 5.74) is 8.19. The highest BCUT2D eigenvalue weighted by atomic mass is 16.4. The van der Waals surface area contributed by atoms with Gasteiger partial charge in [0.15, 0.2) is 0 Å². The SMILES string of the molecule is NC(CC(=O)O)C(=O)NC(Cc1c[nH]c2ccccc12)C(=O)NC(Cc1ccc(O)cc1)C(=O)NC(Cc1cnc[nH]1)C(=O)O. The van der Waals surface area contributed by atoms with Crippen molar-refractivity contribution in [2.45, 2.75) is 49.9 Å². The maximum atomic E-state index is 13.8. The number of rotatable bonds is 15. The number of carboxylic acids is 2. The van der Waals surface area contributed by atoms with Crippen LogP contribution in [0.4, 0.5) is 0 Å². The number of phenolic OH excluding ortho intramolecular Hbond substituents is 1. The largest absolute Gasteiger partial charge is 0.508 e. The molecule has 15 nitrogen and oxygen atoms in total. The Morgan fingerprint density at radius 2 is 1.44 bits per heavy atom. The summed E-state index contributed by atoms with van der Waals surface area (Å²) in [4.78, 5) is 73.0. The van der Waals surface area contributed by atoms with Crippen molar-refractivity contribution < 1.29 is 39.3 Å². The highest BCUT2D eigenvalue weighted by Gasteiger charge is 2.31. The van der Waals surface area contributed by atoms with E-state index < -0.39 is 60.2 Å². The second-order valence-electron chi connectivity index (χ2n) is 10.4. The van der Waals surface area contributed by atoms with E-state index in [0.29, 0.717) is 16.8 Å². The Balaban J connectivity index is 1.60. The number of nitrogens with one attached hydrogen (secondary N) is 5. The van der Waals surface area contributed by atoms with E-state index in [9.17, 15) is 34.2 Å². The number of carbonyl (C=O) groups is 5. The lowest BCUT2D eigenvalue weighted by molar-refractivity contribution is -0.142. The van der Waals surface area contributed by atoms with Gasteiger partial charge in [0.25, 0.3) is 0 Å². The Hall–Kier alpha value is -5.70. The third-order valence-electron chi connectivity index (χ3n) is 7.07. The van der Waals surface area contributed by atoms with Crippen LogP contribution in [0.15, 0.2) is 67.3 Å². The highest BCUT2D eigenvalue weighted by Crippen LogP contribution is 2.20. The van der Waals surface area contributed by atoms with Crippen molar-refractivity contribution in [2.24, 2.45) is 5.73 Å². The molecule has 45 heavy (non-hydrogen) atoms.